The van der Waals surface area contributed by atoms with Crippen LogP contribution in [0.5, 0.6) is 0 Å². The first kappa shape index (κ1) is 10.5. The third kappa shape index (κ3) is 2.50. The maximum absolute atomic E-state index is 3.74. The molecule has 2 rings (SSSR count). The van der Waals surface area contributed by atoms with Crippen LogP contribution in [0, 0.1) is 17.3 Å². The molecule has 0 spiro atoms. The Bertz CT molecular complexity index is 189. The topological polar surface area (TPSA) is 12.0 Å². The molecule has 2 fully saturated rings. The molecule has 2 aliphatic carbocycles. The van der Waals surface area contributed by atoms with Crippen molar-refractivity contribution in [3.8, 4) is 0 Å². The molecule has 14 heavy (non-hydrogen) atoms. The van der Waals surface area contributed by atoms with Gasteiger partial charge in [0.2, 0.25) is 0 Å². The first-order valence-corrected chi connectivity index (χ1v) is 6.36. The van der Waals surface area contributed by atoms with Crippen molar-refractivity contribution >= 4 is 0 Å². The summed E-state index contributed by atoms with van der Waals surface area (Å²) < 4.78 is 0. The smallest absolute Gasteiger partial charge is 0.00413 e. The lowest BCUT2D eigenvalue weighted by Crippen LogP contribution is -2.33. The van der Waals surface area contributed by atoms with Crippen LogP contribution in [0.25, 0.3) is 0 Å². The van der Waals surface area contributed by atoms with E-state index >= 15 is 0 Å². The van der Waals surface area contributed by atoms with Crippen LogP contribution in [-0.4, -0.2) is 12.6 Å². The molecule has 2 aliphatic rings. The number of hydrogen-bond donors (Lipinski definition) is 1. The lowest BCUT2D eigenvalue weighted by molar-refractivity contribution is 0.355. The van der Waals surface area contributed by atoms with Crippen LogP contribution >= 0.6 is 0 Å². The molecular weight excluding hydrogens is 170 g/mol. The summed E-state index contributed by atoms with van der Waals surface area (Å²) in [5.41, 5.74) is 0.769. The number of hydrogen-bond acceptors (Lipinski definition) is 1. The van der Waals surface area contributed by atoms with Crippen molar-refractivity contribution in [3.05, 3.63) is 0 Å². The standard InChI is InChI=1S/C13H25N/c1-10(2)8-11(3)14-9-13(6-7-13)12-4-5-12/h10-12,14H,4-9H2,1-3H3. The van der Waals surface area contributed by atoms with Gasteiger partial charge in [-0.1, -0.05) is 13.8 Å². The first-order valence-electron chi connectivity index (χ1n) is 6.36. The van der Waals surface area contributed by atoms with Crippen molar-refractivity contribution in [3.63, 3.8) is 0 Å². The molecule has 1 heteroatoms. The summed E-state index contributed by atoms with van der Waals surface area (Å²) in [7, 11) is 0. The van der Waals surface area contributed by atoms with Crippen molar-refractivity contribution in [1.82, 2.24) is 5.32 Å². The van der Waals surface area contributed by atoms with E-state index in [9.17, 15) is 0 Å². The van der Waals surface area contributed by atoms with Crippen molar-refractivity contribution in [1.29, 1.82) is 0 Å². The minimum Gasteiger partial charge on any atom is -0.314 e. The Balaban J connectivity index is 1.66. The minimum atomic E-state index is 0.714. The Morgan fingerprint density at radius 3 is 2.29 bits per heavy atom. The van der Waals surface area contributed by atoms with Crippen molar-refractivity contribution in [2.75, 3.05) is 6.54 Å². The van der Waals surface area contributed by atoms with Gasteiger partial charge in [0.05, 0.1) is 0 Å². The summed E-state index contributed by atoms with van der Waals surface area (Å²) in [5.74, 6) is 1.93. The van der Waals surface area contributed by atoms with E-state index in [4.69, 9.17) is 0 Å². The normalized spacial score (nSPS) is 26.6. The van der Waals surface area contributed by atoms with Gasteiger partial charge in [-0.05, 0) is 56.3 Å². The minimum absolute atomic E-state index is 0.714. The molecule has 1 unspecified atom stereocenters. The summed E-state index contributed by atoms with van der Waals surface area (Å²) in [4.78, 5) is 0. The van der Waals surface area contributed by atoms with Gasteiger partial charge in [-0.15, -0.1) is 0 Å². The van der Waals surface area contributed by atoms with Crippen LogP contribution in [0.15, 0.2) is 0 Å². The second-order valence-electron chi connectivity index (χ2n) is 6.05. The molecule has 1 nitrogen and oxygen atoms in total. The van der Waals surface area contributed by atoms with Gasteiger partial charge in [0.25, 0.3) is 0 Å². The number of rotatable bonds is 6. The summed E-state index contributed by atoms with van der Waals surface area (Å²) >= 11 is 0. The van der Waals surface area contributed by atoms with Gasteiger partial charge < -0.3 is 5.32 Å². The van der Waals surface area contributed by atoms with Crippen molar-refractivity contribution < 1.29 is 0 Å². The van der Waals surface area contributed by atoms with E-state index in [0.29, 0.717) is 6.04 Å². The molecule has 0 radical (unpaired) electrons. The highest BCUT2D eigenvalue weighted by Gasteiger charge is 2.53. The Morgan fingerprint density at radius 1 is 1.21 bits per heavy atom. The van der Waals surface area contributed by atoms with Crippen LogP contribution in [0.2, 0.25) is 0 Å². The van der Waals surface area contributed by atoms with Gasteiger partial charge >= 0.3 is 0 Å². The molecule has 0 aliphatic heterocycles. The van der Waals surface area contributed by atoms with Crippen molar-refractivity contribution in [2.24, 2.45) is 17.3 Å². The van der Waals surface area contributed by atoms with E-state index in [1.54, 1.807) is 0 Å². The fraction of sp³-hybridized carbons (Fsp3) is 1.00. The van der Waals surface area contributed by atoms with Gasteiger partial charge in [-0.25, -0.2) is 0 Å². The van der Waals surface area contributed by atoms with E-state index in [0.717, 1.165) is 17.3 Å². The highest BCUT2D eigenvalue weighted by Crippen LogP contribution is 2.60. The molecule has 0 aromatic heterocycles. The molecule has 0 aromatic carbocycles. The molecule has 1 atom stereocenters. The molecule has 2 saturated carbocycles. The largest absolute Gasteiger partial charge is 0.314 e. The lowest BCUT2D eigenvalue weighted by atomic mass is 9.99. The summed E-state index contributed by atoms with van der Waals surface area (Å²) in [6.45, 7) is 8.26. The second-order valence-corrected chi connectivity index (χ2v) is 6.05. The van der Waals surface area contributed by atoms with E-state index < -0.39 is 0 Å². The summed E-state index contributed by atoms with van der Waals surface area (Å²) in [6.07, 6.45) is 7.35. The second kappa shape index (κ2) is 3.84. The molecule has 0 saturated heterocycles. The quantitative estimate of drug-likeness (QED) is 0.686. The first-order chi connectivity index (χ1) is 6.62. The van der Waals surface area contributed by atoms with Crippen LogP contribution in [0.4, 0.5) is 0 Å². The molecule has 0 aromatic rings. The molecule has 82 valence electrons. The summed E-state index contributed by atoms with van der Waals surface area (Å²) in [5, 5.41) is 3.74. The Morgan fingerprint density at radius 2 is 1.86 bits per heavy atom. The average Bonchev–Trinajstić information content (AvgIpc) is 2.94. The van der Waals surface area contributed by atoms with Crippen LogP contribution in [0.1, 0.15) is 52.9 Å². The highest BCUT2D eigenvalue weighted by molar-refractivity contribution is 5.05. The third-order valence-electron chi connectivity index (χ3n) is 3.96. The zero-order valence-electron chi connectivity index (χ0n) is 9.97. The third-order valence-corrected chi connectivity index (χ3v) is 3.96. The Kier molecular flexibility index (Phi) is 2.88. The molecule has 1 N–H and O–H groups in total. The number of nitrogens with one attached hydrogen (secondary N) is 1. The van der Waals surface area contributed by atoms with Crippen molar-refractivity contribution in [2.45, 2.75) is 58.9 Å². The van der Waals surface area contributed by atoms with E-state index in [1.165, 1.54) is 38.6 Å². The van der Waals surface area contributed by atoms with E-state index in [1.807, 2.05) is 0 Å². The fourth-order valence-corrected chi connectivity index (χ4v) is 2.75. The van der Waals surface area contributed by atoms with Gasteiger partial charge in [-0.3, -0.25) is 0 Å². The SMILES string of the molecule is CC(C)CC(C)NCC1(C2CC2)CC1. The zero-order chi connectivity index (χ0) is 10.2. The molecule has 0 amide bonds. The van der Waals surface area contributed by atoms with Crippen LogP contribution in [0.3, 0.4) is 0 Å². The predicted molar refractivity (Wildman–Crippen MR) is 61.3 cm³/mol. The monoisotopic (exact) mass is 195 g/mol. The van der Waals surface area contributed by atoms with Crippen LogP contribution in [-0.2, 0) is 0 Å². The highest BCUT2D eigenvalue weighted by atomic mass is 14.9. The van der Waals surface area contributed by atoms with Gasteiger partial charge in [0.15, 0.2) is 0 Å². The zero-order valence-corrected chi connectivity index (χ0v) is 9.97. The van der Waals surface area contributed by atoms with E-state index in [-0.39, 0.29) is 0 Å². The summed E-state index contributed by atoms with van der Waals surface area (Å²) in [6, 6.07) is 0.714. The Hall–Kier alpha value is -0.0400. The lowest BCUT2D eigenvalue weighted by Gasteiger charge is -2.21. The molecule has 0 heterocycles. The fourth-order valence-electron chi connectivity index (χ4n) is 2.75. The molecular formula is C13H25N. The van der Waals surface area contributed by atoms with Gasteiger partial charge in [-0.2, -0.15) is 0 Å². The van der Waals surface area contributed by atoms with Gasteiger partial charge in [0, 0.05) is 12.6 Å². The maximum Gasteiger partial charge on any atom is 0.00413 e. The predicted octanol–water partition coefficient (Wildman–Crippen LogP) is 3.20. The van der Waals surface area contributed by atoms with Crippen LogP contribution < -0.4 is 5.32 Å². The molecule has 0 bridgehead atoms. The van der Waals surface area contributed by atoms with E-state index in [2.05, 4.69) is 26.1 Å². The average molecular weight is 195 g/mol. The van der Waals surface area contributed by atoms with Gasteiger partial charge in [0.1, 0.15) is 0 Å². The maximum atomic E-state index is 3.74. The Labute approximate surface area is 88.7 Å².